The molecular formula is C15H16N2O4S3. The van der Waals surface area contributed by atoms with E-state index in [0.717, 1.165) is 10.4 Å². The summed E-state index contributed by atoms with van der Waals surface area (Å²) < 4.78 is 32.0. The molecule has 24 heavy (non-hydrogen) atoms. The second-order valence-electron chi connectivity index (χ2n) is 5.24. The Labute approximate surface area is 147 Å². The fourth-order valence-electron chi connectivity index (χ4n) is 2.31. The molecule has 0 aliphatic rings. The van der Waals surface area contributed by atoms with Gasteiger partial charge < -0.3 is 9.63 Å². The third-order valence-corrected chi connectivity index (χ3v) is 7.05. The Balaban J connectivity index is 1.71. The molecule has 0 aromatic carbocycles. The van der Waals surface area contributed by atoms with E-state index < -0.39 is 16.1 Å². The molecule has 3 aromatic rings. The zero-order valence-corrected chi connectivity index (χ0v) is 15.5. The van der Waals surface area contributed by atoms with Crippen LogP contribution in [0.5, 0.6) is 0 Å². The van der Waals surface area contributed by atoms with Gasteiger partial charge in [-0.25, -0.2) is 13.1 Å². The van der Waals surface area contributed by atoms with Crippen LogP contribution in [0, 0.1) is 13.8 Å². The number of aliphatic hydroxyl groups excluding tert-OH is 1. The van der Waals surface area contributed by atoms with Gasteiger partial charge in [-0.2, -0.15) is 11.3 Å². The molecular weight excluding hydrogens is 368 g/mol. The number of sulfonamides is 1. The molecule has 0 saturated carbocycles. The molecule has 0 fully saturated rings. The molecule has 3 heterocycles. The fourth-order valence-corrected chi connectivity index (χ4v) is 5.40. The molecule has 3 aromatic heterocycles. The predicted molar refractivity (Wildman–Crippen MR) is 93.8 cm³/mol. The molecule has 0 amide bonds. The minimum absolute atomic E-state index is 0.0276. The number of aliphatic hydroxyl groups is 1. The van der Waals surface area contributed by atoms with Crippen LogP contribution in [-0.4, -0.2) is 25.2 Å². The van der Waals surface area contributed by atoms with E-state index in [1.54, 1.807) is 18.3 Å². The molecule has 128 valence electrons. The van der Waals surface area contributed by atoms with Gasteiger partial charge in [0.1, 0.15) is 16.7 Å². The van der Waals surface area contributed by atoms with Gasteiger partial charge in [-0.1, -0.05) is 5.16 Å². The van der Waals surface area contributed by atoms with Crippen LogP contribution in [0.3, 0.4) is 0 Å². The molecule has 0 bridgehead atoms. The normalized spacial score (nSPS) is 13.3. The minimum Gasteiger partial charge on any atom is -0.386 e. The smallest absolute Gasteiger partial charge is 0.246 e. The van der Waals surface area contributed by atoms with Gasteiger partial charge in [0.15, 0.2) is 5.76 Å². The first kappa shape index (κ1) is 17.3. The number of thiophene rings is 2. The van der Waals surface area contributed by atoms with Crippen molar-refractivity contribution >= 4 is 32.7 Å². The van der Waals surface area contributed by atoms with E-state index in [2.05, 4.69) is 9.88 Å². The molecule has 6 nitrogen and oxygen atoms in total. The van der Waals surface area contributed by atoms with Crippen LogP contribution in [-0.2, 0) is 10.0 Å². The number of hydrogen-bond acceptors (Lipinski definition) is 7. The van der Waals surface area contributed by atoms with Crippen molar-refractivity contribution in [1.82, 2.24) is 9.88 Å². The van der Waals surface area contributed by atoms with Crippen molar-refractivity contribution in [1.29, 1.82) is 0 Å². The van der Waals surface area contributed by atoms with Gasteiger partial charge in [0, 0.05) is 21.9 Å². The number of rotatable bonds is 6. The Kier molecular flexibility index (Phi) is 4.88. The third-order valence-electron chi connectivity index (χ3n) is 3.46. The topological polar surface area (TPSA) is 92.4 Å². The Morgan fingerprint density at radius 3 is 2.75 bits per heavy atom. The maximum Gasteiger partial charge on any atom is 0.246 e. The van der Waals surface area contributed by atoms with Crippen molar-refractivity contribution in [3.8, 4) is 10.4 Å². The van der Waals surface area contributed by atoms with Crippen LogP contribution in [0.25, 0.3) is 10.4 Å². The highest BCUT2D eigenvalue weighted by molar-refractivity contribution is 7.89. The summed E-state index contributed by atoms with van der Waals surface area (Å²) in [5.74, 6) is 0.227. The van der Waals surface area contributed by atoms with E-state index in [1.807, 2.05) is 29.0 Å². The lowest BCUT2D eigenvalue weighted by Crippen LogP contribution is -2.29. The molecule has 0 spiro atoms. The highest BCUT2D eigenvalue weighted by Gasteiger charge is 2.25. The van der Waals surface area contributed by atoms with Crippen molar-refractivity contribution < 1.29 is 18.0 Å². The lowest BCUT2D eigenvalue weighted by Gasteiger charge is -2.10. The van der Waals surface area contributed by atoms with E-state index >= 15 is 0 Å². The molecule has 0 saturated heterocycles. The molecule has 0 radical (unpaired) electrons. The van der Waals surface area contributed by atoms with Crippen molar-refractivity contribution in [3.05, 3.63) is 45.3 Å². The van der Waals surface area contributed by atoms with Gasteiger partial charge >= 0.3 is 0 Å². The summed E-state index contributed by atoms with van der Waals surface area (Å²) in [6.45, 7) is 2.99. The number of hydrogen-bond donors (Lipinski definition) is 2. The molecule has 1 unspecified atom stereocenters. The van der Waals surface area contributed by atoms with Gasteiger partial charge in [-0.15, -0.1) is 11.3 Å². The Bertz CT molecular complexity index is 906. The zero-order chi connectivity index (χ0) is 17.3. The van der Waals surface area contributed by atoms with E-state index in [0.29, 0.717) is 10.6 Å². The first-order valence-corrected chi connectivity index (χ1v) is 10.4. The summed E-state index contributed by atoms with van der Waals surface area (Å²) in [7, 11) is -3.78. The van der Waals surface area contributed by atoms with E-state index in [4.69, 9.17) is 4.52 Å². The summed E-state index contributed by atoms with van der Waals surface area (Å²) >= 11 is 3.05. The lowest BCUT2D eigenvalue weighted by molar-refractivity contribution is 0.185. The van der Waals surface area contributed by atoms with Gasteiger partial charge in [0.05, 0.1) is 0 Å². The summed E-state index contributed by atoms with van der Waals surface area (Å²) in [5.41, 5.74) is 1.39. The standard InChI is InChI=1S/C15H16N2O4S3/c1-9-15(10(2)21-17-9)24(19,20)16-7-12(18)14-4-3-13(23-14)11-5-6-22-8-11/h3-6,8,12,16,18H,7H2,1-2H3. The Morgan fingerprint density at radius 1 is 1.33 bits per heavy atom. The molecule has 9 heteroatoms. The molecule has 0 aliphatic heterocycles. The number of aryl methyl sites for hydroxylation is 2. The molecule has 1 atom stereocenters. The summed E-state index contributed by atoms with van der Waals surface area (Å²) in [6, 6.07) is 5.74. The minimum atomic E-state index is -3.78. The average Bonchev–Trinajstić information content (AvgIpc) is 3.24. The first-order valence-electron chi connectivity index (χ1n) is 7.11. The second kappa shape index (κ2) is 6.77. The average molecular weight is 385 g/mol. The second-order valence-corrected chi connectivity index (χ2v) is 8.83. The van der Waals surface area contributed by atoms with Crippen LogP contribution in [0.1, 0.15) is 22.4 Å². The SMILES string of the molecule is Cc1noc(C)c1S(=O)(=O)NCC(O)c1ccc(-c2ccsc2)s1. The molecule has 2 N–H and O–H groups in total. The van der Waals surface area contributed by atoms with E-state index in [-0.39, 0.29) is 17.2 Å². The van der Waals surface area contributed by atoms with Crippen molar-refractivity contribution in [3.63, 3.8) is 0 Å². The Hall–Kier alpha value is -1.52. The van der Waals surface area contributed by atoms with E-state index in [1.165, 1.54) is 18.3 Å². The highest BCUT2D eigenvalue weighted by Crippen LogP contribution is 2.32. The van der Waals surface area contributed by atoms with Crippen LogP contribution in [0.2, 0.25) is 0 Å². The summed E-state index contributed by atoms with van der Waals surface area (Å²) in [5, 5.41) is 17.9. The molecule has 0 aliphatic carbocycles. The monoisotopic (exact) mass is 384 g/mol. The van der Waals surface area contributed by atoms with Gasteiger partial charge in [-0.3, -0.25) is 0 Å². The van der Waals surface area contributed by atoms with Gasteiger partial charge in [0.25, 0.3) is 0 Å². The van der Waals surface area contributed by atoms with Crippen LogP contribution < -0.4 is 4.72 Å². The van der Waals surface area contributed by atoms with Gasteiger partial charge in [-0.05, 0) is 42.8 Å². The number of nitrogens with zero attached hydrogens (tertiary/aromatic N) is 1. The largest absolute Gasteiger partial charge is 0.386 e. The van der Waals surface area contributed by atoms with Crippen molar-refractivity contribution in [2.75, 3.05) is 6.54 Å². The van der Waals surface area contributed by atoms with Crippen molar-refractivity contribution in [2.24, 2.45) is 0 Å². The van der Waals surface area contributed by atoms with Crippen molar-refractivity contribution in [2.45, 2.75) is 24.8 Å². The first-order chi connectivity index (χ1) is 11.4. The van der Waals surface area contributed by atoms with Gasteiger partial charge in [0.2, 0.25) is 10.0 Å². The lowest BCUT2D eigenvalue weighted by atomic mass is 10.2. The zero-order valence-electron chi connectivity index (χ0n) is 13.0. The summed E-state index contributed by atoms with van der Waals surface area (Å²) in [6.07, 6.45) is -0.919. The number of aromatic nitrogens is 1. The van der Waals surface area contributed by atoms with Crippen LogP contribution in [0.15, 0.2) is 38.4 Å². The molecule has 3 rings (SSSR count). The third kappa shape index (κ3) is 3.45. The van der Waals surface area contributed by atoms with Crippen LogP contribution in [0.4, 0.5) is 0 Å². The quantitative estimate of drug-likeness (QED) is 0.681. The number of nitrogens with one attached hydrogen (secondary N) is 1. The maximum atomic E-state index is 12.3. The highest BCUT2D eigenvalue weighted by atomic mass is 32.2. The maximum absolute atomic E-state index is 12.3. The fraction of sp³-hybridized carbons (Fsp3) is 0.267. The van der Waals surface area contributed by atoms with E-state index in [9.17, 15) is 13.5 Å². The Morgan fingerprint density at radius 2 is 2.12 bits per heavy atom. The van der Waals surface area contributed by atoms with Crippen LogP contribution >= 0.6 is 22.7 Å². The predicted octanol–water partition coefficient (Wildman–Crippen LogP) is 3.09. The summed E-state index contributed by atoms with van der Waals surface area (Å²) in [4.78, 5) is 1.77.